The van der Waals surface area contributed by atoms with E-state index in [0.717, 1.165) is 33.4 Å². The van der Waals surface area contributed by atoms with Gasteiger partial charge >= 0.3 is 0 Å². The Balaban J connectivity index is 1.59. The number of thiol groups is 1. The summed E-state index contributed by atoms with van der Waals surface area (Å²) in [4.78, 5) is 16.2. The summed E-state index contributed by atoms with van der Waals surface area (Å²) in [5.41, 5.74) is 9.97. The zero-order valence-electron chi connectivity index (χ0n) is 21.0. The second-order valence-electron chi connectivity index (χ2n) is 9.18. The summed E-state index contributed by atoms with van der Waals surface area (Å²) in [6, 6.07) is 12.8. The Morgan fingerprint density at radius 3 is 2.66 bits per heavy atom. The topological polar surface area (TPSA) is 123 Å². The van der Waals surface area contributed by atoms with Gasteiger partial charge < -0.3 is 15.4 Å². The maximum Gasteiger partial charge on any atom is 0.201 e. The largest absolute Gasteiger partial charge is 0.384 e. The summed E-state index contributed by atoms with van der Waals surface area (Å²) in [6.07, 6.45) is 2.58. The number of halogens is 1. The summed E-state index contributed by atoms with van der Waals surface area (Å²) in [7, 11) is -2.66. The monoisotopic (exact) mass is 536 g/mol. The molecule has 3 N–H and O–H groups in total. The van der Waals surface area contributed by atoms with Crippen molar-refractivity contribution in [2.24, 2.45) is 0 Å². The highest BCUT2D eigenvalue weighted by Gasteiger charge is 2.21. The lowest BCUT2D eigenvalue weighted by Crippen LogP contribution is -2.37. The summed E-state index contributed by atoms with van der Waals surface area (Å²) < 4.78 is 45.0. The fourth-order valence-electron chi connectivity index (χ4n) is 4.67. The number of rotatable bonds is 8. The van der Waals surface area contributed by atoms with Gasteiger partial charge in [0.1, 0.15) is 17.5 Å². The van der Waals surface area contributed by atoms with Gasteiger partial charge in [0.2, 0.25) is 10.9 Å². The van der Waals surface area contributed by atoms with Crippen molar-refractivity contribution in [3.63, 3.8) is 0 Å². The van der Waals surface area contributed by atoms with Crippen LogP contribution in [0.2, 0.25) is 0 Å². The molecule has 0 amide bonds. The van der Waals surface area contributed by atoms with E-state index in [1.54, 1.807) is 24.4 Å². The van der Waals surface area contributed by atoms with Gasteiger partial charge in [0.05, 0.1) is 18.7 Å². The van der Waals surface area contributed by atoms with Crippen LogP contribution in [0.3, 0.4) is 0 Å². The van der Waals surface area contributed by atoms with Crippen LogP contribution in [-0.4, -0.2) is 56.2 Å². The van der Waals surface area contributed by atoms with Crippen LogP contribution in [-0.2, 0) is 22.0 Å². The molecule has 3 heterocycles. The molecular formula is C27H29FN6O3S. The first-order valence-electron chi connectivity index (χ1n) is 12.4. The summed E-state index contributed by atoms with van der Waals surface area (Å²) in [5, 5.41) is 0.835. The molecule has 0 saturated carbocycles. The minimum Gasteiger partial charge on any atom is -0.384 e. The summed E-state index contributed by atoms with van der Waals surface area (Å²) in [6.45, 7) is 4.78. The molecule has 4 aromatic rings. The quantitative estimate of drug-likeness (QED) is 0.232. The minimum atomic E-state index is -2.66. The number of anilines is 2. The highest BCUT2D eigenvalue weighted by molar-refractivity contribution is 7.70. The highest BCUT2D eigenvalue weighted by atomic mass is 32.2. The second-order valence-corrected chi connectivity index (χ2v) is 10.0. The molecule has 0 atom stereocenters. The third-order valence-electron chi connectivity index (χ3n) is 6.58. The van der Waals surface area contributed by atoms with Gasteiger partial charge in [-0.15, -0.1) is 0 Å². The number of nitrogens with zero attached hydrogens (tertiary/aromatic N) is 4. The SMILES string of the molecule is Cc1cc(-c2cccc(CCCN[SH](=O)=O)c2F)cc2c(N3CCOCC3)nc(-c3ccc(N)nc3)nc12. The van der Waals surface area contributed by atoms with E-state index >= 15 is 4.39 Å². The van der Waals surface area contributed by atoms with Gasteiger partial charge in [0.15, 0.2) is 5.82 Å². The Labute approximate surface area is 222 Å². The van der Waals surface area contributed by atoms with Gasteiger partial charge in [0.25, 0.3) is 0 Å². The van der Waals surface area contributed by atoms with E-state index in [9.17, 15) is 8.42 Å². The number of fused-ring (bicyclic) bond motifs is 1. The maximum absolute atomic E-state index is 15.6. The lowest BCUT2D eigenvalue weighted by Gasteiger charge is -2.29. The van der Waals surface area contributed by atoms with Gasteiger partial charge in [-0.1, -0.05) is 18.2 Å². The molecular weight excluding hydrogens is 507 g/mol. The average Bonchev–Trinajstić information content (AvgIpc) is 2.92. The van der Waals surface area contributed by atoms with Crippen LogP contribution >= 0.6 is 0 Å². The summed E-state index contributed by atoms with van der Waals surface area (Å²) in [5.74, 6) is 1.43. The number of hydrogen-bond acceptors (Lipinski definition) is 8. The molecule has 11 heteroatoms. The number of aryl methyl sites for hydroxylation is 2. The van der Waals surface area contributed by atoms with Crippen molar-refractivity contribution in [3.05, 3.63) is 65.6 Å². The number of nitrogen functional groups attached to an aromatic ring is 1. The summed E-state index contributed by atoms with van der Waals surface area (Å²) >= 11 is 0. The first-order chi connectivity index (χ1) is 18.4. The Bertz CT molecular complexity index is 1530. The van der Waals surface area contributed by atoms with Crippen molar-refractivity contribution < 1.29 is 17.5 Å². The highest BCUT2D eigenvalue weighted by Crippen LogP contribution is 2.35. The lowest BCUT2D eigenvalue weighted by molar-refractivity contribution is 0.122. The van der Waals surface area contributed by atoms with Crippen molar-refractivity contribution in [2.75, 3.05) is 43.5 Å². The minimum absolute atomic E-state index is 0.267. The zero-order valence-corrected chi connectivity index (χ0v) is 21.9. The Morgan fingerprint density at radius 1 is 1.11 bits per heavy atom. The van der Waals surface area contributed by atoms with E-state index < -0.39 is 10.9 Å². The molecule has 5 rings (SSSR count). The predicted octanol–water partition coefficient (Wildman–Crippen LogP) is 3.27. The molecule has 2 aromatic carbocycles. The van der Waals surface area contributed by atoms with E-state index in [1.165, 1.54) is 0 Å². The molecule has 0 bridgehead atoms. The van der Waals surface area contributed by atoms with Crippen molar-refractivity contribution in [1.29, 1.82) is 0 Å². The van der Waals surface area contributed by atoms with Crippen LogP contribution < -0.4 is 15.4 Å². The van der Waals surface area contributed by atoms with Crippen LogP contribution in [0.5, 0.6) is 0 Å². The molecule has 0 unspecified atom stereocenters. The molecule has 38 heavy (non-hydrogen) atoms. The molecule has 9 nitrogen and oxygen atoms in total. The van der Waals surface area contributed by atoms with Crippen LogP contribution in [0, 0.1) is 12.7 Å². The van der Waals surface area contributed by atoms with E-state index in [1.807, 2.05) is 31.2 Å². The van der Waals surface area contributed by atoms with E-state index in [0.29, 0.717) is 61.9 Å². The molecule has 1 aliphatic heterocycles. The zero-order chi connectivity index (χ0) is 26.6. The molecule has 1 fully saturated rings. The Hall–Kier alpha value is -3.67. The number of pyridine rings is 1. The molecule has 0 spiro atoms. The molecule has 2 aromatic heterocycles. The standard InChI is InChI=1S/C27H29FN6O3S/c1-17-14-20(21-6-2-4-18(24(21)28)5-3-9-31-38(35)36)15-22-25(17)32-26(19-7-8-23(29)30-16-19)33-27(22)34-10-12-37-13-11-34/h2,4,6-8,14-16,38H,3,5,9-13H2,1H3,(H2,29,30)(H,31,35,36). The first-order valence-corrected chi connectivity index (χ1v) is 13.6. The third kappa shape index (κ3) is 5.59. The maximum atomic E-state index is 15.6. The third-order valence-corrected chi connectivity index (χ3v) is 7.06. The number of nitrogens with two attached hydrogens (primary N) is 1. The van der Waals surface area contributed by atoms with E-state index in [4.69, 9.17) is 20.4 Å². The van der Waals surface area contributed by atoms with Gasteiger partial charge in [0, 0.05) is 42.3 Å². The fourth-order valence-corrected chi connectivity index (χ4v) is 5.01. The number of aromatic nitrogens is 3. The Kier molecular flexibility index (Phi) is 7.77. The lowest BCUT2D eigenvalue weighted by atomic mass is 9.96. The van der Waals surface area contributed by atoms with Gasteiger partial charge in [-0.05, 0) is 60.7 Å². The number of ether oxygens (including phenoxy) is 1. The number of hydrogen-bond donors (Lipinski definition) is 3. The van der Waals surface area contributed by atoms with E-state index in [2.05, 4.69) is 14.6 Å². The predicted molar refractivity (Wildman–Crippen MR) is 147 cm³/mol. The Morgan fingerprint density at radius 2 is 1.92 bits per heavy atom. The van der Waals surface area contributed by atoms with E-state index in [-0.39, 0.29) is 12.4 Å². The smallest absolute Gasteiger partial charge is 0.201 e. The molecule has 1 aliphatic rings. The average molecular weight is 537 g/mol. The van der Waals surface area contributed by atoms with Crippen LogP contribution in [0.15, 0.2) is 48.7 Å². The number of morpholine rings is 1. The van der Waals surface area contributed by atoms with Crippen LogP contribution in [0.4, 0.5) is 16.0 Å². The first kappa shape index (κ1) is 26.0. The van der Waals surface area contributed by atoms with Crippen molar-refractivity contribution in [1.82, 2.24) is 19.7 Å². The molecule has 0 aliphatic carbocycles. The van der Waals surface area contributed by atoms with Gasteiger partial charge in [-0.3, -0.25) is 0 Å². The number of benzene rings is 2. The van der Waals surface area contributed by atoms with Crippen LogP contribution in [0.25, 0.3) is 33.4 Å². The van der Waals surface area contributed by atoms with Gasteiger partial charge in [-0.25, -0.2) is 32.5 Å². The normalized spacial score (nSPS) is 13.9. The molecule has 0 radical (unpaired) electrons. The molecule has 1 saturated heterocycles. The second kappa shape index (κ2) is 11.4. The number of nitrogens with one attached hydrogen (secondary N) is 1. The fraction of sp³-hybridized carbons (Fsp3) is 0.296. The van der Waals surface area contributed by atoms with Gasteiger partial charge in [-0.2, -0.15) is 0 Å². The molecule has 198 valence electrons. The van der Waals surface area contributed by atoms with Crippen molar-refractivity contribution in [3.8, 4) is 22.5 Å². The van der Waals surface area contributed by atoms with Crippen LogP contribution in [0.1, 0.15) is 17.5 Å². The van der Waals surface area contributed by atoms with Crippen molar-refractivity contribution in [2.45, 2.75) is 19.8 Å². The van der Waals surface area contributed by atoms with Crippen molar-refractivity contribution >= 4 is 33.4 Å².